The Morgan fingerprint density at radius 3 is 2.76 bits per heavy atom. The van der Waals surface area contributed by atoms with Crippen LogP contribution in [0.2, 0.25) is 5.02 Å². The fourth-order valence-corrected chi connectivity index (χ4v) is 2.44. The van der Waals surface area contributed by atoms with Gasteiger partial charge < -0.3 is 20.9 Å². The van der Waals surface area contributed by atoms with Crippen molar-refractivity contribution in [3.63, 3.8) is 0 Å². The number of nitrogens with one attached hydrogen (secondary N) is 3. The Morgan fingerprint density at radius 2 is 2.14 bits per heavy atom. The number of nitrogens with zero attached hydrogens (tertiary/aromatic N) is 1. The van der Waals surface area contributed by atoms with Gasteiger partial charge >= 0.3 is 0 Å². The van der Waals surface area contributed by atoms with E-state index in [1.165, 1.54) is 6.21 Å². The topological polar surface area (TPSA) is 68.2 Å². The smallest absolute Gasteiger partial charge is 0.253 e. The van der Waals surface area contributed by atoms with Gasteiger partial charge in [-0.25, -0.2) is 0 Å². The predicted molar refractivity (Wildman–Crippen MR) is 86.0 cm³/mol. The Hall–Kier alpha value is -1.85. The summed E-state index contributed by atoms with van der Waals surface area (Å²) in [5, 5.41) is 14.2. The number of carbonyl (C=O) groups is 1. The van der Waals surface area contributed by atoms with Crippen molar-refractivity contribution in [2.75, 3.05) is 31.5 Å². The van der Waals surface area contributed by atoms with E-state index in [2.05, 4.69) is 15.5 Å². The highest BCUT2D eigenvalue weighted by molar-refractivity contribution is 6.31. The van der Waals surface area contributed by atoms with E-state index in [1.54, 1.807) is 31.2 Å². The van der Waals surface area contributed by atoms with Crippen LogP contribution in [0.5, 0.6) is 0 Å². The SMILES string of the molecule is C/C(C(=O)Nc1cccc(Cl)c1)=C(/C=N)N1CCNCC1. The summed E-state index contributed by atoms with van der Waals surface area (Å²) >= 11 is 5.90. The van der Waals surface area contributed by atoms with Gasteiger partial charge in [0, 0.05) is 48.7 Å². The summed E-state index contributed by atoms with van der Waals surface area (Å²) in [5.41, 5.74) is 1.85. The first kappa shape index (κ1) is 15.5. The molecular weight excluding hydrogens is 288 g/mol. The molecule has 0 aliphatic carbocycles. The van der Waals surface area contributed by atoms with Crippen molar-refractivity contribution in [2.45, 2.75) is 6.92 Å². The van der Waals surface area contributed by atoms with E-state index in [0.717, 1.165) is 26.2 Å². The lowest BCUT2D eigenvalue weighted by atomic mass is 10.1. The first-order chi connectivity index (χ1) is 10.1. The molecule has 5 nitrogen and oxygen atoms in total. The molecule has 0 aromatic heterocycles. The van der Waals surface area contributed by atoms with Crippen molar-refractivity contribution in [3.8, 4) is 0 Å². The number of rotatable bonds is 4. The number of anilines is 1. The zero-order chi connectivity index (χ0) is 15.2. The van der Waals surface area contributed by atoms with Gasteiger partial charge in [0.2, 0.25) is 0 Å². The second kappa shape index (κ2) is 7.24. The lowest BCUT2D eigenvalue weighted by Crippen LogP contribution is -2.43. The molecule has 3 N–H and O–H groups in total. The minimum atomic E-state index is -0.214. The third kappa shape index (κ3) is 4.06. The Labute approximate surface area is 129 Å². The van der Waals surface area contributed by atoms with E-state index in [9.17, 15) is 4.79 Å². The lowest BCUT2D eigenvalue weighted by Gasteiger charge is -2.30. The van der Waals surface area contributed by atoms with Gasteiger partial charge in [-0.2, -0.15) is 0 Å². The summed E-state index contributed by atoms with van der Waals surface area (Å²) in [5.74, 6) is -0.214. The molecule has 0 saturated carbocycles. The van der Waals surface area contributed by atoms with Crippen LogP contribution in [0.1, 0.15) is 6.92 Å². The zero-order valence-electron chi connectivity index (χ0n) is 11.9. The third-order valence-electron chi connectivity index (χ3n) is 3.40. The molecule has 0 atom stereocenters. The molecule has 1 aromatic rings. The first-order valence-electron chi connectivity index (χ1n) is 6.85. The van der Waals surface area contributed by atoms with E-state index in [0.29, 0.717) is 22.0 Å². The Kier molecular flexibility index (Phi) is 5.36. The van der Waals surface area contributed by atoms with Gasteiger partial charge in [-0.05, 0) is 25.1 Å². The third-order valence-corrected chi connectivity index (χ3v) is 3.64. The molecule has 1 heterocycles. The maximum absolute atomic E-state index is 12.3. The van der Waals surface area contributed by atoms with Gasteiger partial charge in [-0.1, -0.05) is 17.7 Å². The molecule has 0 unspecified atom stereocenters. The highest BCUT2D eigenvalue weighted by Crippen LogP contribution is 2.17. The van der Waals surface area contributed by atoms with Crippen LogP contribution in [0, 0.1) is 5.41 Å². The van der Waals surface area contributed by atoms with Gasteiger partial charge in [0.05, 0.1) is 5.70 Å². The highest BCUT2D eigenvalue weighted by Gasteiger charge is 2.17. The van der Waals surface area contributed by atoms with Crippen molar-refractivity contribution in [1.29, 1.82) is 5.41 Å². The number of benzene rings is 1. The van der Waals surface area contributed by atoms with Crippen LogP contribution in [0.3, 0.4) is 0 Å². The Bertz CT molecular complexity index is 565. The van der Waals surface area contributed by atoms with Gasteiger partial charge in [-0.15, -0.1) is 0 Å². The van der Waals surface area contributed by atoms with Crippen LogP contribution in [0.4, 0.5) is 5.69 Å². The molecule has 1 aliphatic rings. The number of allylic oxidation sites excluding steroid dienone is 1. The minimum absolute atomic E-state index is 0.214. The average molecular weight is 307 g/mol. The number of amides is 1. The number of carbonyl (C=O) groups excluding carboxylic acids is 1. The molecule has 1 saturated heterocycles. The fourth-order valence-electron chi connectivity index (χ4n) is 2.25. The molecule has 21 heavy (non-hydrogen) atoms. The molecule has 1 fully saturated rings. The summed E-state index contributed by atoms with van der Waals surface area (Å²) in [6, 6.07) is 7.02. The first-order valence-corrected chi connectivity index (χ1v) is 7.23. The molecule has 6 heteroatoms. The molecular formula is C15H19ClN4O. The Balaban J connectivity index is 2.15. The fraction of sp³-hybridized carbons (Fsp3) is 0.333. The summed E-state index contributed by atoms with van der Waals surface area (Å²) in [6.45, 7) is 5.06. The molecule has 1 amide bonds. The number of hydrogen-bond acceptors (Lipinski definition) is 4. The number of piperazine rings is 1. The van der Waals surface area contributed by atoms with Crippen LogP contribution in [-0.2, 0) is 4.79 Å². The van der Waals surface area contributed by atoms with E-state index < -0.39 is 0 Å². The van der Waals surface area contributed by atoms with Gasteiger partial charge in [0.1, 0.15) is 0 Å². The molecule has 0 spiro atoms. The molecule has 0 radical (unpaired) electrons. The Morgan fingerprint density at radius 1 is 1.43 bits per heavy atom. The van der Waals surface area contributed by atoms with Crippen LogP contribution in [-0.4, -0.2) is 43.2 Å². The second-order valence-corrected chi connectivity index (χ2v) is 5.29. The van der Waals surface area contributed by atoms with E-state index >= 15 is 0 Å². The number of halogens is 1. The van der Waals surface area contributed by atoms with Crippen LogP contribution < -0.4 is 10.6 Å². The minimum Gasteiger partial charge on any atom is -0.367 e. The van der Waals surface area contributed by atoms with E-state index in [1.807, 2.05) is 0 Å². The van der Waals surface area contributed by atoms with Gasteiger partial charge in [-0.3, -0.25) is 4.79 Å². The molecule has 1 aliphatic heterocycles. The molecule has 0 bridgehead atoms. The van der Waals surface area contributed by atoms with Crippen LogP contribution in [0.15, 0.2) is 35.5 Å². The summed E-state index contributed by atoms with van der Waals surface area (Å²) in [7, 11) is 0. The largest absolute Gasteiger partial charge is 0.367 e. The standard InChI is InChI=1S/C15H19ClN4O/c1-11(14(10-17)20-7-5-18-6-8-20)15(21)19-13-4-2-3-12(16)9-13/h2-4,9-10,17-18H,5-8H2,1H3,(H,19,21)/b14-11+,17-10?. The maximum atomic E-state index is 12.3. The lowest BCUT2D eigenvalue weighted by molar-refractivity contribution is -0.112. The van der Waals surface area contributed by atoms with E-state index in [-0.39, 0.29) is 5.91 Å². The van der Waals surface area contributed by atoms with Crippen molar-refractivity contribution in [2.24, 2.45) is 0 Å². The highest BCUT2D eigenvalue weighted by atomic mass is 35.5. The van der Waals surface area contributed by atoms with Crippen LogP contribution in [0.25, 0.3) is 0 Å². The summed E-state index contributed by atoms with van der Waals surface area (Å²) < 4.78 is 0. The van der Waals surface area contributed by atoms with Crippen molar-refractivity contribution < 1.29 is 4.79 Å². The van der Waals surface area contributed by atoms with Crippen LogP contribution >= 0.6 is 11.6 Å². The summed E-state index contributed by atoms with van der Waals surface area (Å²) in [4.78, 5) is 14.4. The monoisotopic (exact) mass is 306 g/mol. The maximum Gasteiger partial charge on any atom is 0.253 e. The number of hydrogen-bond donors (Lipinski definition) is 3. The molecule has 112 valence electrons. The predicted octanol–water partition coefficient (Wildman–Crippen LogP) is 2.11. The molecule has 1 aromatic carbocycles. The quantitative estimate of drug-likeness (QED) is 0.589. The second-order valence-electron chi connectivity index (χ2n) is 4.86. The van der Waals surface area contributed by atoms with E-state index in [4.69, 9.17) is 17.0 Å². The van der Waals surface area contributed by atoms with Gasteiger partial charge in [0.15, 0.2) is 0 Å². The van der Waals surface area contributed by atoms with Gasteiger partial charge in [0.25, 0.3) is 5.91 Å². The van der Waals surface area contributed by atoms with Crippen molar-refractivity contribution >= 4 is 29.4 Å². The molecule has 2 rings (SSSR count). The average Bonchev–Trinajstić information content (AvgIpc) is 2.49. The van der Waals surface area contributed by atoms with Crippen molar-refractivity contribution in [1.82, 2.24) is 10.2 Å². The summed E-state index contributed by atoms with van der Waals surface area (Å²) in [6.07, 6.45) is 1.25. The van der Waals surface area contributed by atoms with Crippen molar-refractivity contribution in [3.05, 3.63) is 40.6 Å². The zero-order valence-corrected chi connectivity index (χ0v) is 12.7. The normalized spacial score (nSPS) is 16.2.